The van der Waals surface area contributed by atoms with Gasteiger partial charge in [0.2, 0.25) is 5.91 Å². The number of methoxy groups -OCH3 is 1. The van der Waals surface area contributed by atoms with Crippen LogP contribution in [0, 0.1) is 6.92 Å². The lowest BCUT2D eigenvalue weighted by Crippen LogP contribution is -2.51. The Bertz CT molecular complexity index is 775. The van der Waals surface area contributed by atoms with E-state index in [1.807, 2.05) is 30.0 Å². The maximum Gasteiger partial charge on any atom is 0.244 e. The summed E-state index contributed by atoms with van der Waals surface area (Å²) >= 11 is 0. The predicted octanol–water partition coefficient (Wildman–Crippen LogP) is 3.04. The quantitative estimate of drug-likeness (QED) is 0.841. The van der Waals surface area contributed by atoms with Gasteiger partial charge >= 0.3 is 0 Å². The summed E-state index contributed by atoms with van der Waals surface area (Å²) in [5, 5.41) is 0. The molecule has 0 unspecified atom stereocenters. The van der Waals surface area contributed by atoms with Gasteiger partial charge in [-0.15, -0.1) is 0 Å². The van der Waals surface area contributed by atoms with E-state index in [-0.39, 0.29) is 18.0 Å². The van der Waals surface area contributed by atoms with Crippen LogP contribution in [-0.2, 0) is 11.2 Å². The van der Waals surface area contributed by atoms with Crippen molar-refractivity contribution >= 4 is 11.6 Å². The zero-order chi connectivity index (χ0) is 17.4. The maximum atomic E-state index is 13.0. The third kappa shape index (κ3) is 2.91. The van der Waals surface area contributed by atoms with Crippen molar-refractivity contribution in [3.8, 4) is 5.75 Å². The Kier molecular flexibility index (Phi) is 4.22. The zero-order valence-electron chi connectivity index (χ0n) is 14.8. The maximum absolute atomic E-state index is 13.0. The van der Waals surface area contributed by atoms with E-state index in [1.165, 1.54) is 5.56 Å². The van der Waals surface area contributed by atoms with Gasteiger partial charge in [-0.05, 0) is 43.0 Å². The Balaban J connectivity index is 1.49. The molecule has 0 aromatic heterocycles. The number of carbonyl (C=O) groups excluding carboxylic acids is 1. The van der Waals surface area contributed by atoms with Crippen LogP contribution in [0.3, 0.4) is 0 Å². The van der Waals surface area contributed by atoms with E-state index >= 15 is 0 Å². The Morgan fingerprint density at radius 1 is 1.16 bits per heavy atom. The van der Waals surface area contributed by atoms with Crippen LogP contribution in [-0.4, -0.2) is 43.1 Å². The van der Waals surface area contributed by atoms with E-state index in [4.69, 9.17) is 4.74 Å². The highest BCUT2D eigenvalue weighted by molar-refractivity contribution is 6.02. The lowest BCUT2D eigenvalue weighted by atomic mass is 10.1. The summed E-state index contributed by atoms with van der Waals surface area (Å²) in [5.41, 5.74) is 3.39. The van der Waals surface area contributed by atoms with Crippen molar-refractivity contribution < 1.29 is 9.53 Å². The molecule has 1 amide bonds. The first-order valence-electron chi connectivity index (χ1n) is 8.93. The van der Waals surface area contributed by atoms with Crippen LogP contribution >= 0.6 is 0 Å². The summed E-state index contributed by atoms with van der Waals surface area (Å²) in [6, 6.07) is 16.8. The second-order valence-corrected chi connectivity index (χ2v) is 7.02. The second-order valence-electron chi connectivity index (χ2n) is 7.02. The highest BCUT2D eigenvalue weighted by Crippen LogP contribution is 2.40. The summed E-state index contributed by atoms with van der Waals surface area (Å²) in [4.78, 5) is 17.3. The Labute approximate surface area is 149 Å². The fourth-order valence-corrected chi connectivity index (χ4v) is 4.13. The summed E-state index contributed by atoms with van der Waals surface area (Å²) < 4.78 is 5.49. The van der Waals surface area contributed by atoms with Gasteiger partial charge in [0, 0.05) is 13.1 Å². The highest BCUT2D eigenvalue weighted by atomic mass is 16.5. The minimum Gasteiger partial charge on any atom is -0.495 e. The van der Waals surface area contributed by atoms with Gasteiger partial charge in [-0.25, -0.2) is 0 Å². The smallest absolute Gasteiger partial charge is 0.244 e. The van der Waals surface area contributed by atoms with Crippen molar-refractivity contribution in [1.29, 1.82) is 0 Å². The van der Waals surface area contributed by atoms with Crippen LogP contribution in [0.25, 0.3) is 0 Å². The molecule has 2 heterocycles. The molecule has 130 valence electrons. The Morgan fingerprint density at radius 3 is 2.68 bits per heavy atom. The molecular weight excluding hydrogens is 312 g/mol. The molecule has 2 aromatic carbocycles. The average Bonchev–Trinajstić information content (AvgIpc) is 3.18. The Morgan fingerprint density at radius 2 is 1.96 bits per heavy atom. The van der Waals surface area contributed by atoms with Crippen molar-refractivity contribution in [2.75, 3.05) is 25.1 Å². The molecule has 2 saturated heterocycles. The molecule has 2 fully saturated rings. The van der Waals surface area contributed by atoms with Gasteiger partial charge in [-0.2, -0.15) is 0 Å². The van der Waals surface area contributed by atoms with Crippen molar-refractivity contribution in [2.24, 2.45) is 0 Å². The molecule has 25 heavy (non-hydrogen) atoms. The Hall–Kier alpha value is -2.33. The molecule has 2 aliphatic heterocycles. The number of amides is 1. The third-order valence-corrected chi connectivity index (χ3v) is 5.39. The summed E-state index contributed by atoms with van der Waals surface area (Å²) in [6.45, 7) is 3.93. The largest absolute Gasteiger partial charge is 0.495 e. The first kappa shape index (κ1) is 16.2. The van der Waals surface area contributed by atoms with Crippen LogP contribution < -0.4 is 9.64 Å². The number of aryl methyl sites for hydroxylation is 1. The van der Waals surface area contributed by atoms with Crippen LogP contribution in [0.2, 0.25) is 0 Å². The van der Waals surface area contributed by atoms with Crippen LogP contribution in [0.5, 0.6) is 5.75 Å². The van der Waals surface area contributed by atoms with Crippen molar-refractivity contribution in [1.82, 2.24) is 4.90 Å². The monoisotopic (exact) mass is 336 g/mol. The average molecular weight is 336 g/mol. The number of likely N-dealkylation sites (tertiary alicyclic amines) is 1. The van der Waals surface area contributed by atoms with Crippen molar-refractivity contribution in [3.63, 3.8) is 0 Å². The van der Waals surface area contributed by atoms with Gasteiger partial charge in [0.25, 0.3) is 0 Å². The van der Waals surface area contributed by atoms with Crippen LogP contribution in [0.4, 0.5) is 5.69 Å². The summed E-state index contributed by atoms with van der Waals surface area (Å²) in [5.74, 6) is 0.996. The second kappa shape index (κ2) is 6.52. The third-order valence-electron chi connectivity index (χ3n) is 5.39. The molecule has 4 heteroatoms. The number of anilines is 1. The molecule has 0 N–H and O–H groups in total. The molecule has 2 aliphatic rings. The lowest BCUT2D eigenvalue weighted by Gasteiger charge is -2.34. The van der Waals surface area contributed by atoms with Gasteiger partial charge in [-0.1, -0.05) is 36.4 Å². The van der Waals surface area contributed by atoms with E-state index in [9.17, 15) is 4.79 Å². The first-order valence-corrected chi connectivity index (χ1v) is 8.93. The van der Waals surface area contributed by atoms with E-state index in [0.717, 1.165) is 42.9 Å². The molecule has 0 spiro atoms. The number of fused-ring (bicyclic) bond motifs is 2. The van der Waals surface area contributed by atoms with Gasteiger partial charge < -0.3 is 9.64 Å². The number of hydrogen-bond donors (Lipinski definition) is 0. The van der Waals surface area contributed by atoms with Crippen LogP contribution in [0.15, 0.2) is 48.5 Å². The molecule has 2 atom stereocenters. The van der Waals surface area contributed by atoms with Gasteiger partial charge in [-0.3, -0.25) is 9.69 Å². The lowest BCUT2D eigenvalue weighted by molar-refractivity contribution is -0.122. The minimum atomic E-state index is 0.0129. The number of rotatable bonds is 5. The molecule has 2 aromatic rings. The number of benzene rings is 2. The minimum absolute atomic E-state index is 0.0129. The fraction of sp³-hybridized carbons (Fsp3) is 0.381. The molecule has 2 bridgehead atoms. The van der Waals surface area contributed by atoms with E-state index in [0.29, 0.717) is 0 Å². The number of ether oxygens (including phenoxy) is 1. The number of nitrogens with zero attached hydrogens (tertiary/aromatic N) is 2. The molecule has 0 aliphatic carbocycles. The number of piperazine rings is 1. The fourth-order valence-electron chi connectivity index (χ4n) is 4.13. The SMILES string of the molecule is COc1ccc(C)cc1N1C(=O)[C@@H]2C[C@H]1CN2CCc1ccccc1. The van der Waals surface area contributed by atoms with E-state index in [1.54, 1.807) is 7.11 Å². The number of carbonyl (C=O) groups is 1. The van der Waals surface area contributed by atoms with Crippen molar-refractivity contribution in [2.45, 2.75) is 31.8 Å². The van der Waals surface area contributed by atoms with Crippen molar-refractivity contribution in [3.05, 3.63) is 59.7 Å². The summed E-state index contributed by atoms with van der Waals surface area (Å²) in [6.07, 6.45) is 1.91. The normalized spacial score (nSPS) is 22.6. The molecule has 4 nitrogen and oxygen atoms in total. The topological polar surface area (TPSA) is 32.8 Å². The standard InChI is InChI=1S/C21H24N2O2/c1-15-8-9-20(25-2)18(12-15)23-17-13-19(21(23)24)22(14-17)11-10-16-6-4-3-5-7-16/h3-9,12,17,19H,10-11,13-14H2,1-2H3/t17-,19-/m0/s1. The molecular formula is C21H24N2O2. The number of hydrogen-bond acceptors (Lipinski definition) is 3. The van der Waals surface area contributed by atoms with E-state index in [2.05, 4.69) is 35.2 Å². The van der Waals surface area contributed by atoms with Crippen LogP contribution in [0.1, 0.15) is 17.5 Å². The van der Waals surface area contributed by atoms with E-state index < -0.39 is 0 Å². The van der Waals surface area contributed by atoms with Gasteiger partial charge in [0.15, 0.2) is 0 Å². The zero-order valence-corrected chi connectivity index (χ0v) is 14.8. The highest BCUT2D eigenvalue weighted by Gasteiger charge is 2.50. The molecule has 0 saturated carbocycles. The molecule has 4 rings (SSSR count). The van der Waals surface area contributed by atoms with Gasteiger partial charge in [0.1, 0.15) is 5.75 Å². The predicted molar refractivity (Wildman–Crippen MR) is 99.1 cm³/mol. The summed E-state index contributed by atoms with van der Waals surface area (Å²) in [7, 11) is 1.67. The van der Waals surface area contributed by atoms with Gasteiger partial charge in [0.05, 0.1) is 24.9 Å². The molecule has 0 radical (unpaired) electrons. The first-order chi connectivity index (χ1) is 12.2.